The fourth-order valence-electron chi connectivity index (χ4n) is 2.33. The molecule has 0 atom stereocenters. The first kappa shape index (κ1) is 17.2. The largest absolute Gasteiger partial charge is 0.365 e. The number of aryl methyl sites for hydroxylation is 1. The quantitative estimate of drug-likeness (QED) is 0.869. The molecule has 23 heavy (non-hydrogen) atoms. The fraction of sp³-hybridized carbons (Fsp3) is 0.200. The molecule has 3 N–H and O–H groups in total. The van der Waals surface area contributed by atoms with Gasteiger partial charge in [0, 0.05) is 17.5 Å². The van der Waals surface area contributed by atoms with Crippen LogP contribution in [0.15, 0.2) is 35.4 Å². The molecule has 0 aliphatic rings. The number of hydrogen-bond donors (Lipinski definition) is 2. The Morgan fingerprint density at radius 2 is 2.00 bits per heavy atom. The molecular weight excluding hydrogens is 338 g/mol. The van der Waals surface area contributed by atoms with E-state index in [4.69, 9.17) is 22.7 Å². The predicted molar refractivity (Wildman–Crippen MR) is 87.2 cm³/mol. The summed E-state index contributed by atoms with van der Waals surface area (Å²) < 4.78 is 25.3. The summed E-state index contributed by atoms with van der Waals surface area (Å²) in [5.41, 5.74) is 6.45. The zero-order valence-corrected chi connectivity index (χ0v) is 14.2. The molecule has 0 spiro atoms. The van der Waals surface area contributed by atoms with Gasteiger partial charge in [-0.25, -0.2) is 8.42 Å². The van der Waals surface area contributed by atoms with Gasteiger partial charge in [-0.05, 0) is 42.3 Å². The molecule has 0 unspecified atom stereocenters. The maximum atomic E-state index is 11.9. The molecule has 1 aromatic heterocycles. The number of carbonyl (C=O) groups is 1. The molecule has 6 nitrogen and oxygen atoms in total. The minimum absolute atomic E-state index is 0.0768. The highest BCUT2D eigenvalue weighted by Crippen LogP contribution is 2.21. The van der Waals surface area contributed by atoms with E-state index in [0.29, 0.717) is 10.6 Å². The topological polar surface area (TPSA) is 106 Å². The Kier molecular flexibility index (Phi) is 4.63. The molecule has 0 saturated carbocycles. The first-order valence-corrected chi connectivity index (χ1v) is 8.90. The lowest BCUT2D eigenvalue weighted by molar-refractivity contribution is 0.0997. The second kappa shape index (κ2) is 6.17. The van der Waals surface area contributed by atoms with Gasteiger partial charge in [0.05, 0.1) is 17.0 Å². The van der Waals surface area contributed by atoms with E-state index in [2.05, 4.69) is 0 Å². The first-order chi connectivity index (χ1) is 10.6. The van der Waals surface area contributed by atoms with Crippen LogP contribution in [0.3, 0.4) is 0 Å². The van der Waals surface area contributed by atoms with Crippen LogP contribution in [0.4, 0.5) is 0 Å². The number of hydrogen-bond acceptors (Lipinski definition) is 4. The van der Waals surface area contributed by atoms with Gasteiger partial charge in [-0.1, -0.05) is 11.6 Å². The molecule has 0 bridgehead atoms. The van der Waals surface area contributed by atoms with Gasteiger partial charge >= 0.3 is 0 Å². The normalized spacial score (nSPS) is 11.4. The van der Waals surface area contributed by atoms with E-state index in [-0.39, 0.29) is 22.5 Å². The van der Waals surface area contributed by atoms with Crippen LogP contribution in [0.25, 0.3) is 0 Å². The fourth-order valence-corrected chi connectivity index (χ4v) is 3.44. The minimum Gasteiger partial charge on any atom is -0.365 e. The highest BCUT2D eigenvalue weighted by Gasteiger charge is 2.15. The van der Waals surface area contributed by atoms with Crippen molar-refractivity contribution < 1.29 is 13.2 Å². The third kappa shape index (κ3) is 3.80. The van der Waals surface area contributed by atoms with Crippen molar-refractivity contribution in [1.29, 1.82) is 5.41 Å². The Morgan fingerprint density at radius 3 is 2.57 bits per heavy atom. The van der Waals surface area contributed by atoms with Crippen molar-refractivity contribution in [1.82, 2.24) is 4.57 Å². The van der Waals surface area contributed by atoms with E-state index < -0.39 is 15.7 Å². The van der Waals surface area contributed by atoms with Crippen LogP contribution < -0.4 is 11.2 Å². The SMILES string of the molecule is Cc1cc(C(N)=O)c(=N)n(Cc2cc(Cl)ccc2S(C)(=O)=O)c1. The van der Waals surface area contributed by atoms with E-state index in [0.717, 1.165) is 11.8 Å². The predicted octanol–water partition coefficient (Wildman–Crippen LogP) is 1.48. The number of halogens is 1. The summed E-state index contributed by atoms with van der Waals surface area (Å²) in [6, 6.07) is 5.99. The molecule has 122 valence electrons. The average Bonchev–Trinajstić information content (AvgIpc) is 2.40. The van der Waals surface area contributed by atoms with Crippen molar-refractivity contribution in [2.75, 3.05) is 6.26 Å². The standard InChI is InChI=1S/C15H16ClN3O3S/c1-9-5-12(15(18)20)14(17)19(7-9)8-10-6-11(16)3-4-13(10)23(2,21)22/h3-7,17H,8H2,1-2H3,(H2,18,20). The summed E-state index contributed by atoms with van der Waals surface area (Å²) in [7, 11) is -3.44. The lowest BCUT2D eigenvalue weighted by atomic mass is 10.1. The highest BCUT2D eigenvalue weighted by molar-refractivity contribution is 7.90. The van der Waals surface area contributed by atoms with E-state index in [1.54, 1.807) is 13.1 Å². The number of carbonyl (C=O) groups excluding carboxylic acids is 1. The van der Waals surface area contributed by atoms with Gasteiger partial charge in [0.15, 0.2) is 9.84 Å². The van der Waals surface area contributed by atoms with Gasteiger partial charge in [0.25, 0.3) is 5.91 Å². The van der Waals surface area contributed by atoms with Gasteiger partial charge in [0.1, 0.15) is 5.49 Å². The van der Waals surface area contributed by atoms with Crippen molar-refractivity contribution in [3.8, 4) is 0 Å². The summed E-state index contributed by atoms with van der Waals surface area (Å²) >= 11 is 5.96. The van der Waals surface area contributed by atoms with Crippen LogP contribution in [0, 0.1) is 12.3 Å². The maximum Gasteiger partial charge on any atom is 0.252 e. The molecule has 1 aromatic carbocycles. The summed E-state index contributed by atoms with van der Waals surface area (Å²) in [5.74, 6) is -0.707. The second-order valence-electron chi connectivity index (χ2n) is 5.30. The summed E-state index contributed by atoms with van der Waals surface area (Å²) in [4.78, 5) is 11.6. The second-order valence-corrected chi connectivity index (χ2v) is 7.72. The third-order valence-electron chi connectivity index (χ3n) is 3.30. The van der Waals surface area contributed by atoms with Crippen LogP contribution in [0.5, 0.6) is 0 Å². The van der Waals surface area contributed by atoms with Gasteiger partial charge < -0.3 is 10.3 Å². The molecule has 1 amide bonds. The van der Waals surface area contributed by atoms with Crippen LogP contribution in [-0.2, 0) is 16.4 Å². The highest BCUT2D eigenvalue weighted by atomic mass is 35.5. The summed E-state index contributed by atoms with van der Waals surface area (Å²) in [6.45, 7) is 1.85. The molecule has 0 radical (unpaired) electrons. The van der Waals surface area contributed by atoms with Crippen LogP contribution in [-0.4, -0.2) is 25.1 Å². The Morgan fingerprint density at radius 1 is 1.35 bits per heavy atom. The van der Waals surface area contributed by atoms with Gasteiger partial charge in [0.2, 0.25) is 0 Å². The molecule has 8 heteroatoms. The van der Waals surface area contributed by atoms with Crippen molar-refractivity contribution in [2.24, 2.45) is 5.73 Å². The number of pyridine rings is 1. The van der Waals surface area contributed by atoms with Gasteiger partial charge in [-0.3, -0.25) is 10.2 Å². The number of primary amides is 1. The zero-order chi connectivity index (χ0) is 17.4. The average molecular weight is 354 g/mol. The van der Waals surface area contributed by atoms with Crippen molar-refractivity contribution in [3.05, 3.63) is 57.7 Å². The van der Waals surface area contributed by atoms with Crippen LogP contribution in [0.2, 0.25) is 5.02 Å². The monoisotopic (exact) mass is 353 g/mol. The molecule has 0 saturated heterocycles. The van der Waals surface area contributed by atoms with E-state index in [9.17, 15) is 13.2 Å². The number of rotatable bonds is 4. The smallest absolute Gasteiger partial charge is 0.252 e. The Balaban J connectivity index is 2.63. The molecular formula is C15H16ClN3O3S. The van der Waals surface area contributed by atoms with Crippen molar-refractivity contribution >= 4 is 27.3 Å². The van der Waals surface area contributed by atoms with Crippen molar-refractivity contribution in [2.45, 2.75) is 18.4 Å². The first-order valence-electron chi connectivity index (χ1n) is 6.63. The van der Waals surface area contributed by atoms with E-state index in [1.807, 2.05) is 0 Å². The number of nitrogens with two attached hydrogens (primary N) is 1. The molecule has 0 fully saturated rings. The van der Waals surface area contributed by atoms with E-state index in [1.165, 1.54) is 28.8 Å². The van der Waals surface area contributed by atoms with Crippen LogP contribution >= 0.6 is 11.6 Å². The number of amides is 1. The zero-order valence-electron chi connectivity index (χ0n) is 12.6. The van der Waals surface area contributed by atoms with Crippen LogP contribution in [0.1, 0.15) is 21.5 Å². The Hall–Kier alpha value is -2.12. The summed E-state index contributed by atoms with van der Waals surface area (Å²) in [6.07, 6.45) is 2.76. The molecule has 2 rings (SSSR count). The third-order valence-corrected chi connectivity index (χ3v) is 4.73. The summed E-state index contributed by atoms with van der Waals surface area (Å²) in [5, 5.41) is 8.47. The number of aromatic nitrogens is 1. The molecule has 2 aromatic rings. The lowest BCUT2D eigenvalue weighted by Crippen LogP contribution is -2.30. The number of benzene rings is 1. The number of nitrogens with zero attached hydrogens (tertiary/aromatic N) is 1. The lowest BCUT2D eigenvalue weighted by Gasteiger charge is -2.13. The maximum absolute atomic E-state index is 11.9. The Labute approximate surface area is 138 Å². The Bertz CT molecular complexity index is 949. The number of nitrogens with one attached hydrogen (secondary N) is 1. The molecule has 0 aliphatic carbocycles. The number of sulfone groups is 1. The van der Waals surface area contributed by atoms with Gasteiger partial charge in [-0.2, -0.15) is 0 Å². The minimum atomic E-state index is -3.44. The van der Waals surface area contributed by atoms with E-state index >= 15 is 0 Å². The molecule has 0 aliphatic heterocycles. The van der Waals surface area contributed by atoms with Gasteiger partial charge in [-0.15, -0.1) is 0 Å². The molecule has 1 heterocycles. The van der Waals surface area contributed by atoms with Crippen molar-refractivity contribution in [3.63, 3.8) is 0 Å².